The van der Waals surface area contributed by atoms with Crippen LogP contribution in [0.5, 0.6) is 0 Å². The number of anilines is 3. The number of benzene rings is 7. The van der Waals surface area contributed by atoms with Crippen LogP contribution in [-0.2, 0) is 0 Å². The van der Waals surface area contributed by atoms with E-state index in [1.54, 1.807) is 22.7 Å². The number of nitrogens with zero attached hydrogens (tertiary/aromatic N) is 4. The van der Waals surface area contributed by atoms with Crippen LogP contribution in [0.4, 0.5) is 17.3 Å². The zero-order valence-corrected chi connectivity index (χ0v) is 30.0. The predicted octanol–water partition coefficient (Wildman–Crippen LogP) is 13.8. The predicted molar refractivity (Wildman–Crippen MR) is 224 cm³/mol. The number of para-hydroxylation sites is 1. The van der Waals surface area contributed by atoms with E-state index in [0.29, 0.717) is 17.6 Å². The summed E-state index contributed by atoms with van der Waals surface area (Å²) in [4.78, 5) is 18.2. The van der Waals surface area contributed by atoms with E-state index in [9.17, 15) is 0 Å². The largest absolute Gasteiger partial charge is 0.278 e. The summed E-state index contributed by atoms with van der Waals surface area (Å²) in [5.74, 6) is 1.86. The minimum Gasteiger partial charge on any atom is -0.278 e. The molecule has 0 saturated heterocycles. The zero-order chi connectivity index (χ0) is 34.2. The van der Waals surface area contributed by atoms with Crippen molar-refractivity contribution < 1.29 is 0 Å². The molecule has 52 heavy (non-hydrogen) atoms. The van der Waals surface area contributed by atoms with Crippen molar-refractivity contribution in [2.45, 2.75) is 0 Å². The van der Waals surface area contributed by atoms with Gasteiger partial charge in [-0.15, -0.1) is 34.0 Å². The van der Waals surface area contributed by atoms with Crippen LogP contribution >= 0.6 is 34.0 Å². The Bertz CT molecular complexity index is 3160. The fraction of sp³-hybridized carbons (Fsp3) is 0. The average Bonchev–Trinajstić information content (AvgIpc) is 3.90. The second-order valence-corrected chi connectivity index (χ2v) is 16.0. The third kappa shape index (κ3) is 4.67. The summed E-state index contributed by atoms with van der Waals surface area (Å²) in [6.45, 7) is 0. The van der Waals surface area contributed by atoms with Gasteiger partial charge < -0.3 is 0 Å². The molecular formula is C45H26N4S3. The van der Waals surface area contributed by atoms with Crippen molar-refractivity contribution in [2.24, 2.45) is 0 Å². The Morgan fingerprint density at radius 2 is 0.942 bits per heavy atom. The van der Waals surface area contributed by atoms with Gasteiger partial charge in [-0.05, 0) is 60.7 Å². The molecule has 7 heteroatoms. The van der Waals surface area contributed by atoms with Crippen LogP contribution in [-0.4, -0.2) is 15.0 Å². The molecule has 11 rings (SSSR count). The number of fused-ring (bicyclic) bond motifs is 9. The maximum atomic E-state index is 5.38. The normalized spacial score (nSPS) is 11.8. The third-order valence-corrected chi connectivity index (χ3v) is 13.3. The van der Waals surface area contributed by atoms with Gasteiger partial charge in [0.05, 0.1) is 10.4 Å². The second kappa shape index (κ2) is 11.8. The molecule has 0 aliphatic rings. The topological polar surface area (TPSA) is 41.9 Å². The van der Waals surface area contributed by atoms with Crippen LogP contribution in [0.2, 0.25) is 0 Å². The van der Waals surface area contributed by atoms with Crippen molar-refractivity contribution >= 4 is 112 Å². The van der Waals surface area contributed by atoms with Gasteiger partial charge in [-0.1, -0.05) is 97.1 Å². The molecule has 0 spiro atoms. The molecule has 4 aromatic heterocycles. The molecule has 4 heterocycles. The lowest BCUT2D eigenvalue weighted by Crippen LogP contribution is -2.15. The minimum atomic E-state index is 0.574. The molecule has 0 saturated carbocycles. The molecule has 0 unspecified atom stereocenters. The van der Waals surface area contributed by atoms with Crippen LogP contribution < -0.4 is 4.90 Å². The smallest absolute Gasteiger partial charge is 0.238 e. The lowest BCUT2D eigenvalue weighted by molar-refractivity contribution is 1.03. The van der Waals surface area contributed by atoms with Crippen molar-refractivity contribution in [3.63, 3.8) is 0 Å². The number of hydrogen-bond acceptors (Lipinski definition) is 7. The summed E-state index contributed by atoms with van der Waals surface area (Å²) in [6.07, 6.45) is 0. The Kier molecular flexibility index (Phi) is 6.73. The van der Waals surface area contributed by atoms with E-state index in [0.717, 1.165) is 22.5 Å². The molecule has 0 fully saturated rings. The van der Waals surface area contributed by atoms with Gasteiger partial charge >= 0.3 is 0 Å². The first-order valence-corrected chi connectivity index (χ1v) is 19.6. The van der Waals surface area contributed by atoms with Crippen LogP contribution in [0.15, 0.2) is 158 Å². The van der Waals surface area contributed by atoms with Crippen molar-refractivity contribution in [3.8, 4) is 22.8 Å². The molecule has 0 atom stereocenters. The van der Waals surface area contributed by atoms with Gasteiger partial charge in [-0.2, -0.15) is 9.97 Å². The van der Waals surface area contributed by atoms with Gasteiger partial charge in [-0.3, -0.25) is 4.90 Å². The minimum absolute atomic E-state index is 0.574. The highest BCUT2D eigenvalue weighted by molar-refractivity contribution is 7.27. The fourth-order valence-electron chi connectivity index (χ4n) is 7.35. The number of thiophene rings is 3. The number of hydrogen-bond donors (Lipinski definition) is 0. The quantitative estimate of drug-likeness (QED) is 0.178. The van der Waals surface area contributed by atoms with Crippen LogP contribution in [0.3, 0.4) is 0 Å². The Labute approximate surface area is 310 Å². The standard InChI is InChI=1S/C45H26N4S3/c1-2-12-28(13-3-1)49(36-20-11-18-33-30-15-5-9-23-39(30)52-42(33)36)45-47-43(27-24-25-40-35(26-27)31-16-6-7-21-37(31)50-40)46-44(48-45)34-19-10-17-32-29-14-4-8-22-38(29)51-41(32)34/h1-26H. The molecular weight excluding hydrogens is 693 g/mol. The fourth-order valence-corrected chi connectivity index (χ4v) is 10.9. The van der Waals surface area contributed by atoms with Crippen molar-refractivity contribution in [1.29, 1.82) is 0 Å². The van der Waals surface area contributed by atoms with E-state index in [1.165, 1.54) is 60.5 Å². The van der Waals surface area contributed by atoms with Gasteiger partial charge in [0, 0.05) is 72.6 Å². The molecule has 0 radical (unpaired) electrons. The van der Waals surface area contributed by atoms with E-state index in [2.05, 4.69) is 163 Å². The van der Waals surface area contributed by atoms with Crippen molar-refractivity contribution in [1.82, 2.24) is 15.0 Å². The lowest BCUT2D eigenvalue weighted by atomic mass is 10.1. The van der Waals surface area contributed by atoms with Gasteiger partial charge in [0.1, 0.15) is 0 Å². The summed E-state index contributed by atoms with van der Waals surface area (Å²) >= 11 is 5.41. The summed E-state index contributed by atoms with van der Waals surface area (Å²) in [7, 11) is 0. The highest BCUT2D eigenvalue weighted by Crippen LogP contribution is 2.45. The molecule has 0 bridgehead atoms. The monoisotopic (exact) mass is 718 g/mol. The van der Waals surface area contributed by atoms with Crippen LogP contribution in [0, 0.1) is 0 Å². The first-order valence-electron chi connectivity index (χ1n) is 17.1. The Morgan fingerprint density at radius 3 is 1.69 bits per heavy atom. The van der Waals surface area contributed by atoms with E-state index in [1.807, 2.05) is 11.3 Å². The van der Waals surface area contributed by atoms with Gasteiger partial charge in [0.15, 0.2) is 11.6 Å². The highest BCUT2D eigenvalue weighted by Gasteiger charge is 2.24. The number of aromatic nitrogens is 3. The first-order chi connectivity index (χ1) is 25.8. The van der Waals surface area contributed by atoms with E-state index < -0.39 is 0 Å². The summed E-state index contributed by atoms with van der Waals surface area (Å²) in [5, 5.41) is 7.39. The highest BCUT2D eigenvalue weighted by atomic mass is 32.1. The van der Waals surface area contributed by atoms with Crippen LogP contribution in [0.25, 0.3) is 83.3 Å². The SMILES string of the molecule is c1ccc(N(c2nc(-c3ccc4sc5ccccc5c4c3)nc(-c3cccc4c3sc3ccccc34)n2)c2cccc3c2sc2ccccc23)cc1. The zero-order valence-electron chi connectivity index (χ0n) is 27.5. The van der Waals surface area contributed by atoms with Crippen molar-refractivity contribution in [3.05, 3.63) is 158 Å². The molecule has 0 amide bonds. The average molecular weight is 719 g/mol. The summed E-state index contributed by atoms with van der Waals surface area (Å²) in [5.41, 5.74) is 3.97. The molecule has 0 aliphatic heterocycles. The maximum Gasteiger partial charge on any atom is 0.238 e. The number of rotatable bonds is 5. The molecule has 0 N–H and O–H groups in total. The van der Waals surface area contributed by atoms with Gasteiger partial charge in [-0.25, -0.2) is 4.98 Å². The second-order valence-electron chi connectivity index (χ2n) is 12.8. The van der Waals surface area contributed by atoms with Crippen LogP contribution in [0.1, 0.15) is 0 Å². The maximum absolute atomic E-state index is 5.38. The van der Waals surface area contributed by atoms with Gasteiger partial charge in [0.2, 0.25) is 5.95 Å². The third-order valence-electron chi connectivity index (χ3n) is 9.74. The molecule has 11 aromatic rings. The van der Waals surface area contributed by atoms with Gasteiger partial charge in [0.25, 0.3) is 0 Å². The van der Waals surface area contributed by atoms with E-state index in [4.69, 9.17) is 15.0 Å². The Morgan fingerprint density at radius 1 is 0.385 bits per heavy atom. The summed E-state index contributed by atoms with van der Waals surface area (Å²) in [6, 6.07) is 55.9. The molecule has 4 nitrogen and oxygen atoms in total. The lowest BCUT2D eigenvalue weighted by Gasteiger charge is -2.24. The first kappa shape index (κ1) is 29.7. The van der Waals surface area contributed by atoms with Crippen molar-refractivity contribution in [2.75, 3.05) is 4.90 Å². The molecule has 244 valence electrons. The molecule has 0 aliphatic carbocycles. The van der Waals surface area contributed by atoms with E-state index in [-0.39, 0.29) is 0 Å². The van der Waals surface area contributed by atoms with E-state index >= 15 is 0 Å². The Hall–Kier alpha value is -5.99. The summed E-state index contributed by atoms with van der Waals surface area (Å²) < 4.78 is 7.38. The molecule has 7 aromatic carbocycles. The Balaban J connectivity index is 1.21.